The molecule has 0 aromatic carbocycles. The standard InChI is InChI=1S/C8H11NO2/c1-2-3-4-5-7-8(10)11-6-9-7/h5-6H,2-4H2,1H3. The molecule has 1 aliphatic rings. The van der Waals surface area contributed by atoms with Crippen molar-refractivity contribution < 1.29 is 9.53 Å². The molecule has 0 aromatic rings. The molecule has 3 nitrogen and oxygen atoms in total. The van der Waals surface area contributed by atoms with Gasteiger partial charge in [-0.2, -0.15) is 0 Å². The topological polar surface area (TPSA) is 38.7 Å². The van der Waals surface area contributed by atoms with Gasteiger partial charge in [0, 0.05) is 0 Å². The number of ether oxygens (including phenoxy) is 1. The maximum Gasteiger partial charge on any atom is 0.362 e. The van der Waals surface area contributed by atoms with Crippen molar-refractivity contribution in [2.24, 2.45) is 4.99 Å². The van der Waals surface area contributed by atoms with Gasteiger partial charge in [-0.05, 0) is 12.8 Å². The number of aliphatic imine (C=N–C) groups is 1. The molecule has 0 atom stereocenters. The molecular weight excluding hydrogens is 142 g/mol. The van der Waals surface area contributed by atoms with Crippen molar-refractivity contribution in [2.45, 2.75) is 26.2 Å². The summed E-state index contributed by atoms with van der Waals surface area (Å²) in [7, 11) is 0. The fourth-order valence-corrected chi connectivity index (χ4v) is 0.823. The zero-order chi connectivity index (χ0) is 8.10. The lowest BCUT2D eigenvalue weighted by Crippen LogP contribution is -1.95. The van der Waals surface area contributed by atoms with Crippen LogP contribution < -0.4 is 0 Å². The maximum absolute atomic E-state index is 10.8. The second-order valence-corrected chi connectivity index (χ2v) is 2.37. The molecule has 11 heavy (non-hydrogen) atoms. The van der Waals surface area contributed by atoms with Crippen LogP contribution in [0.4, 0.5) is 0 Å². The largest absolute Gasteiger partial charge is 0.410 e. The van der Waals surface area contributed by atoms with Crippen molar-refractivity contribution in [1.29, 1.82) is 0 Å². The van der Waals surface area contributed by atoms with Gasteiger partial charge in [-0.3, -0.25) is 0 Å². The summed E-state index contributed by atoms with van der Waals surface area (Å²) in [5.41, 5.74) is 0.443. The number of hydrogen-bond donors (Lipinski definition) is 0. The van der Waals surface area contributed by atoms with Crippen LogP contribution in [0.25, 0.3) is 0 Å². The molecule has 0 fully saturated rings. The SMILES string of the molecule is CCCCC=C1N=COC1=O. The Morgan fingerprint density at radius 3 is 3.09 bits per heavy atom. The zero-order valence-electron chi connectivity index (χ0n) is 6.54. The predicted molar refractivity (Wildman–Crippen MR) is 42.2 cm³/mol. The summed E-state index contributed by atoms with van der Waals surface area (Å²) in [4.78, 5) is 14.5. The van der Waals surface area contributed by atoms with Gasteiger partial charge < -0.3 is 4.74 Å². The van der Waals surface area contributed by atoms with Gasteiger partial charge in [0.25, 0.3) is 0 Å². The minimum atomic E-state index is -0.332. The highest BCUT2D eigenvalue weighted by molar-refractivity contribution is 5.97. The van der Waals surface area contributed by atoms with Crippen LogP contribution in [0.5, 0.6) is 0 Å². The molecule has 0 unspecified atom stereocenters. The fourth-order valence-electron chi connectivity index (χ4n) is 0.823. The van der Waals surface area contributed by atoms with Gasteiger partial charge >= 0.3 is 5.97 Å². The van der Waals surface area contributed by atoms with Gasteiger partial charge in [0.05, 0.1) is 0 Å². The summed E-state index contributed by atoms with van der Waals surface area (Å²) >= 11 is 0. The van der Waals surface area contributed by atoms with E-state index in [1.165, 1.54) is 6.40 Å². The van der Waals surface area contributed by atoms with Crippen LogP contribution in [0.1, 0.15) is 26.2 Å². The number of nitrogens with zero attached hydrogens (tertiary/aromatic N) is 1. The average molecular weight is 153 g/mol. The number of unbranched alkanes of at least 4 members (excludes halogenated alkanes) is 2. The Bertz CT molecular complexity index is 206. The number of allylic oxidation sites excluding steroid dienone is 1. The second kappa shape index (κ2) is 3.91. The summed E-state index contributed by atoms with van der Waals surface area (Å²) in [5, 5.41) is 0. The van der Waals surface area contributed by atoms with Crippen molar-refractivity contribution in [3.05, 3.63) is 11.8 Å². The number of carbonyl (C=O) groups is 1. The highest BCUT2D eigenvalue weighted by atomic mass is 16.5. The molecule has 0 N–H and O–H groups in total. The molecule has 60 valence electrons. The summed E-state index contributed by atoms with van der Waals surface area (Å²) < 4.78 is 4.50. The van der Waals surface area contributed by atoms with Crippen molar-refractivity contribution in [3.63, 3.8) is 0 Å². The second-order valence-electron chi connectivity index (χ2n) is 2.37. The first-order valence-electron chi connectivity index (χ1n) is 3.78. The van der Waals surface area contributed by atoms with Crippen LogP contribution in [-0.4, -0.2) is 12.4 Å². The Morgan fingerprint density at radius 1 is 1.73 bits per heavy atom. The fraction of sp³-hybridized carbons (Fsp3) is 0.500. The lowest BCUT2D eigenvalue weighted by Gasteiger charge is -1.89. The Kier molecular flexibility index (Phi) is 2.83. The minimum absolute atomic E-state index is 0.332. The Balaban J connectivity index is 2.39. The molecule has 0 amide bonds. The summed E-state index contributed by atoms with van der Waals surface area (Å²) in [6.07, 6.45) is 6.11. The summed E-state index contributed by atoms with van der Waals surface area (Å²) in [5.74, 6) is -0.332. The van der Waals surface area contributed by atoms with Gasteiger partial charge in [0.2, 0.25) is 0 Å². The predicted octanol–water partition coefficient (Wildman–Crippen LogP) is 1.65. The van der Waals surface area contributed by atoms with Crippen LogP contribution >= 0.6 is 0 Å². The Labute approximate surface area is 65.8 Å². The highest BCUT2D eigenvalue weighted by Crippen LogP contribution is 2.08. The number of cyclic esters (lactones) is 1. The maximum atomic E-state index is 10.8. The minimum Gasteiger partial charge on any atom is -0.410 e. The molecule has 1 aliphatic heterocycles. The molecular formula is C8H11NO2. The molecule has 0 saturated carbocycles. The Morgan fingerprint density at radius 2 is 2.55 bits per heavy atom. The molecule has 3 heteroatoms. The lowest BCUT2D eigenvalue weighted by molar-refractivity contribution is -0.129. The third kappa shape index (κ3) is 2.18. The number of esters is 1. The first-order valence-corrected chi connectivity index (χ1v) is 3.78. The van der Waals surface area contributed by atoms with E-state index in [-0.39, 0.29) is 5.97 Å². The van der Waals surface area contributed by atoms with Gasteiger partial charge in [-0.25, -0.2) is 9.79 Å². The van der Waals surface area contributed by atoms with Crippen LogP contribution in [0.2, 0.25) is 0 Å². The van der Waals surface area contributed by atoms with Gasteiger partial charge in [0.15, 0.2) is 6.40 Å². The summed E-state index contributed by atoms with van der Waals surface area (Å²) in [6, 6.07) is 0. The third-order valence-corrected chi connectivity index (χ3v) is 1.46. The first kappa shape index (κ1) is 7.98. The van der Waals surface area contributed by atoms with Crippen molar-refractivity contribution in [2.75, 3.05) is 0 Å². The van der Waals surface area contributed by atoms with Gasteiger partial charge in [-0.15, -0.1) is 0 Å². The van der Waals surface area contributed by atoms with E-state index in [2.05, 4.69) is 16.7 Å². The smallest absolute Gasteiger partial charge is 0.362 e. The van der Waals surface area contributed by atoms with Crippen molar-refractivity contribution in [3.8, 4) is 0 Å². The summed E-state index contributed by atoms with van der Waals surface area (Å²) in [6.45, 7) is 2.11. The molecule has 0 bridgehead atoms. The molecule has 0 spiro atoms. The molecule has 1 rings (SSSR count). The quantitative estimate of drug-likeness (QED) is 0.351. The Hall–Kier alpha value is -1.12. The highest BCUT2D eigenvalue weighted by Gasteiger charge is 2.13. The van der Waals surface area contributed by atoms with E-state index in [1.807, 2.05) is 6.08 Å². The molecule has 0 aromatic heterocycles. The lowest BCUT2D eigenvalue weighted by atomic mass is 10.2. The third-order valence-electron chi connectivity index (χ3n) is 1.46. The van der Waals surface area contributed by atoms with Gasteiger partial charge in [-0.1, -0.05) is 19.4 Å². The molecule has 0 saturated heterocycles. The first-order chi connectivity index (χ1) is 5.34. The monoisotopic (exact) mass is 153 g/mol. The normalized spacial score (nSPS) is 19.4. The van der Waals surface area contributed by atoms with Crippen LogP contribution in [0.3, 0.4) is 0 Å². The number of hydrogen-bond acceptors (Lipinski definition) is 3. The zero-order valence-corrected chi connectivity index (χ0v) is 6.54. The van der Waals surface area contributed by atoms with Crippen molar-refractivity contribution >= 4 is 12.4 Å². The average Bonchev–Trinajstić information content (AvgIpc) is 2.37. The van der Waals surface area contributed by atoms with E-state index in [4.69, 9.17) is 0 Å². The number of carbonyl (C=O) groups excluding carboxylic acids is 1. The van der Waals surface area contributed by atoms with E-state index >= 15 is 0 Å². The van der Waals surface area contributed by atoms with Crippen LogP contribution in [0, 0.1) is 0 Å². The van der Waals surface area contributed by atoms with E-state index in [0.29, 0.717) is 5.70 Å². The van der Waals surface area contributed by atoms with Crippen LogP contribution in [0.15, 0.2) is 16.8 Å². The van der Waals surface area contributed by atoms with E-state index in [1.54, 1.807) is 0 Å². The van der Waals surface area contributed by atoms with Crippen LogP contribution in [-0.2, 0) is 9.53 Å². The molecule has 1 heterocycles. The van der Waals surface area contributed by atoms with E-state index < -0.39 is 0 Å². The molecule has 0 aliphatic carbocycles. The van der Waals surface area contributed by atoms with E-state index in [0.717, 1.165) is 19.3 Å². The number of rotatable bonds is 3. The van der Waals surface area contributed by atoms with Crippen molar-refractivity contribution in [1.82, 2.24) is 0 Å². The molecule has 0 radical (unpaired) electrons. The van der Waals surface area contributed by atoms with Gasteiger partial charge in [0.1, 0.15) is 5.70 Å². The van der Waals surface area contributed by atoms with E-state index in [9.17, 15) is 4.79 Å².